The highest BCUT2D eigenvalue weighted by molar-refractivity contribution is 6.31. The molecule has 0 unspecified atom stereocenters. The Morgan fingerprint density at radius 1 is 1.31 bits per heavy atom. The minimum atomic E-state index is 0.444. The van der Waals surface area contributed by atoms with Crippen LogP contribution >= 0.6 is 11.6 Å². The van der Waals surface area contributed by atoms with Gasteiger partial charge in [-0.15, -0.1) is 0 Å². The molecule has 1 heterocycles. The lowest BCUT2D eigenvalue weighted by atomic mass is 9.71. The predicted molar refractivity (Wildman–Crippen MR) is 69.9 cm³/mol. The Morgan fingerprint density at radius 3 is 2.50 bits per heavy atom. The highest BCUT2D eigenvalue weighted by Crippen LogP contribution is 2.36. The first-order chi connectivity index (χ1) is 7.61. The number of hydrogen-bond donors (Lipinski definition) is 1. The fourth-order valence-electron chi connectivity index (χ4n) is 2.73. The van der Waals surface area contributed by atoms with Gasteiger partial charge in [0.05, 0.1) is 0 Å². The van der Waals surface area contributed by atoms with E-state index in [0.717, 1.165) is 30.5 Å². The van der Waals surface area contributed by atoms with E-state index in [1.54, 1.807) is 0 Å². The Hall–Kier alpha value is -0.530. The molecule has 1 aliphatic heterocycles. The molecule has 0 aromatic heterocycles. The Kier molecular flexibility index (Phi) is 3.56. The SMILES string of the molecule is CC(C)CC1(Cc2ccccc2Cl)CNC1. The van der Waals surface area contributed by atoms with Gasteiger partial charge in [-0.25, -0.2) is 0 Å². The average molecular weight is 238 g/mol. The third kappa shape index (κ3) is 2.58. The van der Waals surface area contributed by atoms with E-state index in [-0.39, 0.29) is 0 Å². The lowest BCUT2D eigenvalue weighted by Crippen LogP contribution is -2.55. The Morgan fingerprint density at radius 2 is 2.00 bits per heavy atom. The molecule has 1 saturated heterocycles. The van der Waals surface area contributed by atoms with Crippen LogP contribution in [-0.2, 0) is 6.42 Å². The van der Waals surface area contributed by atoms with Crippen molar-refractivity contribution in [2.24, 2.45) is 11.3 Å². The van der Waals surface area contributed by atoms with Crippen molar-refractivity contribution >= 4 is 11.6 Å². The van der Waals surface area contributed by atoms with E-state index in [9.17, 15) is 0 Å². The molecule has 88 valence electrons. The van der Waals surface area contributed by atoms with Gasteiger partial charge in [-0.1, -0.05) is 43.6 Å². The number of benzene rings is 1. The van der Waals surface area contributed by atoms with Crippen molar-refractivity contribution in [1.29, 1.82) is 0 Å². The molecule has 0 spiro atoms. The van der Waals surface area contributed by atoms with E-state index >= 15 is 0 Å². The zero-order valence-corrected chi connectivity index (χ0v) is 10.8. The molecule has 1 fully saturated rings. The maximum atomic E-state index is 6.23. The first-order valence-electron chi connectivity index (χ1n) is 6.05. The van der Waals surface area contributed by atoms with Crippen LogP contribution in [0.4, 0.5) is 0 Å². The summed E-state index contributed by atoms with van der Waals surface area (Å²) < 4.78 is 0. The fraction of sp³-hybridized carbons (Fsp3) is 0.571. The van der Waals surface area contributed by atoms with Gasteiger partial charge < -0.3 is 5.32 Å². The zero-order valence-electron chi connectivity index (χ0n) is 10.1. The molecule has 2 heteroatoms. The van der Waals surface area contributed by atoms with Gasteiger partial charge in [-0.3, -0.25) is 0 Å². The van der Waals surface area contributed by atoms with Crippen LogP contribution in [0.15, 0.2) is 24.3 Å². The third-order valence-electron chi connectivity index (χ3n) is 3.36. The van der Waals surface area contributed by atoms with Crippen LogP contribution in [0.5, 0.6) is 0 Å². The maximum absolute atomic E-state index is 6.23. The summed E-state index contributed by atoms with van der Waals surface area (Å²) in [6, 6.07) is 8.23. The zero-order chi connectivity index (χ0) is 11.6. The lowest BCUT2D eigenvalue weighted by molar-refractivity contribution is 0.131. The van der Waals surface area contributed by atoms with Crippen molar-refractivity contribution in [2.75, 3.05) is 13.1 Å². The van der Waals surface area contributed by atoms with Crippen LogP contribution in [0.2, 0.25) is 5.02 Å². The second-order valence-electron chi connectivity index (χ2n) is 5.47. The summed E-state index contributed by atoms with van der Waals surface area (Å²) in [5, 5.41) is 4.32. The Bertz CT molecular complexity index is 356. The topological polar surface area (TPSA) is 12.0 Å². The van der Waals surface area contributed by atoms with E-state index in [1.807, 2.05) is 12.1 Å². The van der Waals surface area contributed by atoms with E-state index in [4.69, 9.17) is 11.6 Å². The first-order valence-corrected chi connectivity index (χ1v) is 6.43. The summed E-state index contributed by atoms with van der Waals surface area (Å²) in [7, 11) is 0. The highest BCUT2D eigenvalue weighted by atomic mass is 35.5. The van der Waals surface area contributed by atoms with Crippen LogP contribution in [0, 0.1) is 11.3 Å². The molecule has 1 N–H and O–H groups in total. The van der Waals surface area contributed by atoms with Gasteiger partial charge in [0, 0.05) is 18.1 Å². The molecule has 1 aromatic rings. The summed E-state index contributed by atoms with van der Waals surface area (Å²) in [5.41, 5.74) is 1.74. The molecule has 0 radical (unpaired) electrons. The van der Waals surface area contributed by atoms with Gasteiger partial charge in [-0.2, -0.15) is 0 Å². The molecule has 16 heavy (non-hydrogen) atoms. The number of hydrogen-bond acceptors (Lipinski definition) is 1. The van der Waals surface area contributed by atoms with Crippen molar-refractivity contribution in [3.63, 3.8) is 0 Å². The van der Waals surface area contributed by atoms with Crippen LogP contribution in [0.3, 0.4) is 0 Å². The summed E-state index contributed by atoms with van der Waals surface area (Å²) >= 11 is 6.23. The standard InChI is InChI=1S/C14H20ClN/c1-11(2)7-14(9-16-10-14)8-12-5-3-4-6-13(12)15/h3-6,11,16H,7-10H2,1-2H3. The second kappa shape index (κ2) is 4.77. The molecule has 2 rings (SSSR count). The van der Waals surface area contributed by atoms with Crippen LogP contribution < -0.4 is 5.32 Å². The van der Waals surface area contributed by atoms with Crippen LogP contribution in [0.1, 0.15) is 25.8 Å². The minimum Gasteiger partial charge on any atom is -0.316 e. The number of nitrogens with one attached hydrogen (secondary N) is 1. The van der Waals surface area contributed by atoms with E-state index < -0.39 is 0 Å². The highest BCUT2D eigenvalue weighted by Gasteiger charge is 2.37. The smallest absolute Gasteiger partial charge is 0.0438 e. The second-order valence-corrected chi connectivity index (χ2v) is 5.88. The first kappa shape index (κ1) is 11.9. The van der Waals surface area contributed by atoms with Gasteiger partial charge in [0.25, 0.3) is 0 Å². The molecular formula is C14H20ClN. The van der Waals surface area contributed by atoms with Gasteiger partial charge in [0.2, 0.25) is 0 Å². The largest absolute Gasteiger partial charge is 0.316 e. The van der Waals surface area contributed by atoms with E-state index in [0.29, 0.717) is 5.41 Å². The summed E-state index contributed by atoms with van der Waals surface area (Å²) in [5.74, 6) is 0.754. The third-order valence-corrected chi connectivity index (χ3v) is 3.73. The minimum absolute atomic E-state index is 0.444. The molecule has 1 aliphatic rings. The van der Waals surface area contributed by atoms with E-state index in [1.165, 1.54) is 12.0 Å². The van der Waals surface area contributed by atoms with Crippen molar-refractivity contribution < 1.29 is 0 Å². The average Bonchev–Trinajstić information content (AvgIpc) is 2.17. The molecule has 0 atom stereocenters. The molecule has 0 aliphatic carbocycles. The van der Waals surface area contributed by atoms with Crippen molar-refractivity contribution in [2.45, 2.75) is 26.7 Å². The predicted octanol–water partition coefficient (Wildman–Crippen LogP) is 3.52. The van der Waals surface area contributed by atoms with Gasteiger partial charge in [0.1, 0.15) is 0 Å². The van der Waals surface area contributed by atoms with Gasteiger partial charge in [-0.05, 0) is 35.8 Å². The molecule has 0 bridgehead atoms. The lowest BCUT2D eigenvalue weighted by Gasteiger charge is -2.44. The molecule has 1 aromatic carbocycles. The maximum Gasteiger partial charge on any atom is 0.0438 e. The van der Waals surface area contributed by atoms with Gasteiger partial charge in [0.15, 0.2) is 0 Å². The molecular weight excluding hydrogens is 218 g/mol. The van der Waals surface area contributed by atoms with Gasteiger partial charge >= 0.3 is 0 Å². The quantitative estimate of drug-likeness (QED) is 0.845. The summed E-state index contributed by atoms with van der Waals surface area (Å²) in [6.45, 7) is 6.87. The molecule has 0 amide bonds. The normalized spacial score (nSPS) is 18.5. The monoisotopic (exact) mass is 237 g/mol. The number of rotatable bonds is 4. The van der Waals surface area contributed by atoms with Crippen molar-refractivity contribution in [1.82, 2.24) is 5.32 Å². The van der Waals surface area contributed by atoms with Crippen molar-refractivity contribution in [3.8, 4) is 0 Å². The summed E-state index contributed by atoms with van der Waals surface area (Å²) in [6.07, 6.45) is 2.39. The summed E-state index contributed by atoms with van der Waals surface area (Å²) in [4.78, 5) is 0. The molecule has 0 saturated carbocycles. The fourth-order valence-corrected chi connectivity index (χ4v) is 2.93. The Balaban J connectivity index is 2.10. The van der Waals surface area contributed by atoms with Crippen molar-refractivity contribution in [3.05, 3.63) is 34.9 Å². The van der Waals surface area contributed by atoms with Crippen LogP contribution in [0.25, 0.3) is 0 Å². The number of halogens is 1. The van der Waals surface area contributed by atoms with E-state index in [2.05, 4.69) is 31.3 Å². The van der Waals surface area contributed by atoms with Crippen LogP contribution in [-0.4, -0.2) is 13.1 Å². The Labute approximate surface area is 103 Å². The molecule has 1 nitrogen and oxygen atoms in total.